The van der Waals surface area contributed by atoms with E-state index in [4.69, 9.17) is 5.11 Å². The number of aliphatic hydroxyl groups is 1. The molecule has 0 fully saturated rings. The molecule has 2 aromatic heterocycles. The average molecular weight is 283 g/mol. The molecule has 0 aliphatic heterocycles. The van der Waals surface area contributed by atoms with Gasteiger partial charge in [-0.1, -0.05) is 29.8 Å². The number of nitrogens with zero attached hydrogens (tertiary/aromatic N) is 4. The molecule has 0 amide bonds. The number of anilines is 1. The van der Waals surface area contributed by atoms with Gasteiger partial charge in [-0.05, 0) is 13.8 Å². The highest BCUT2D eigenvalue weighted by Crippen LogP contribution is 2.19. The molecule has 0 spiro atoms. The van der Waals surface area contributed by atoms with Gasteiger partial charge in [-0.3, -0.25) is 0 Å². The summed E-state index contributed by atoms with van der Waals surface area (Å²) in [5, 5.41) is 16.6. The lowest BCUT2D eigenvalue weighted by Crippen LogP contribution is -2.10. The summed E-state index contributed by atoms with van der Waals surface area (Å²) in [7, 11) is 0. The van der Waals surface area contributed by atoms with Gasteiger partial charge in [0, 0.05) is 23.9 Å². The third kappa shape index (κ3) is 2.71. The summed E-state index contributed by atoms with van der Waals surface area (Å²) < 4.78 is 1.66. The van der Waals surface area contributed by atoms with Crippen molar-refractivity contribution in [3.8, 4) is 11.4 Å². The van der Waals surface area contributed by atoms with Crippen molar-refractivity contribution in [1.82, 2.24) is 19.6 Å². The van der Waals surface area contributed by atoms with E-state index in [0.29, 0.717) is 18.1 Å². The van der Waals surface area contributed by atoms with E-state index >= 15 is 0 Å². The van der Waals surface area contributed by atoms with Crippen LogP contribution in [0.3, 0.4) is 0 Å². The van der Waals surface area contributed by atoms with Crippen LogP contribution >= 0.6 is 0 Å². The predicted molar refractivity (Wildman–Crippen MR) is 81.3 cm³/mol. The molecule has 0 aliphatic carbocycles. The molecule has 6 heteroatoms. The van der Waals surface area contributed by atoms with Crippen molar-refractivity contribution in [2.24, 2.45) is 0 Å². The SMILES string of the molecule is Cc1ccc(-c2nc3nc(C)cc(NCCO)n3n2)cc1. The molecule has 0 saturated carbocycles. The van der Waals surface area contributed by atoms with E-state index in [1.165, 1.54) is 5.56 Å². The topological polar surface area (TPSA) is 75.3 Å². The number of hydrogen-bond acceptors (Lipinski definition) is 5. The lowest BCUT2D eigenvalue weighted by atomic mass is 10.1. The molecule has 0 atom stereocenters. The lowest BCUT2D eigenvalue weighted by Gasteiger charge is -2.06. The highest BCUT2D eigenvalue weighted by Gasteiger charge is 2.11. The predicted octanol–water partition coefficient (Wildman–Crippen LogP) is 1.81. The van der Waals surface area contributed by atoms with Gasteiger partial charge in [0.2, 0.25) is 0 Å². The molecule has 21 heavy (non-hydrogen) atoms. The quantitative estimate of drug-likeness (QED) is 0.764. The standard InChI is InChI=1S/C15H17N5O/c1-10-3-5-12(6-4-10)14-18-15-17-11(2)9-13(16-7-8-21)20(15)19-14/h3-6,9,16,21H,7-8H2,1-2H3. The van der Waals surface area contributed by atoms with E-state index in [1.54, 1.807) is 4.52 Å². The fourth-order valence-corrected chi connectivity index (χ4v) is 2.12. The highest BCUT2D eigenvalue weighted by molar-refractivity contribution is 5.59. The van der Waals surface area contributed by atoms with E-state index in [9.17, 15) is 0 Å². The van der Waals surface area contributed by atoms with Crippen LogP contribution in [0.5, 0.6) is 0 Å². The van der Waals surface area contributed by atoms with Gasteiger partial charge in [0.15, 0.2) is 5.82 Å². The lowest BCUT2D eigenvalue weighted by molar-refractivity contribution is 0.311. The smallest absolute Gasteiger partial charge is 0.254 e. The summed E-state index contributed by atoms with van der Waals surface area (Å²) in [6.45, 7) is 4.47. The Morgan fingerprint density at radius 3 is 2.62 bits per heavy atom. The molecule has 1 aromatic carbocycles. The van der Waals surface area contributed by atoms with Crippen molar-refractivity contribution in [2.45, 2.75) is 13.8 Å². The van der Waals surface area contributed by atoms with Crippen LogP contribution in [0.2, 0.25) is 0 Å². The number of benzene rings is 1. The van der Waals surface area contributed by atoms with Crippen LogP contribution < -0.4 is 5.32 Å². The monoisotopic (exact) mass is 283 g/mol. The summed E-state index contributed by atoms with van der Waals surface area (Å²) in [6, 6.07) is 9.95. The van der Waals surface area contributed by atoms with E-state index in [1.807, 2.05) is 44.2 Å². The van der Waals surface area contributed by atoms with Gasteiger partial charge in [0.25, 0.3) is 5.78 Å². The largest absolute Gasteiger partial charge is 0.395 e. The molecule has 6 nitrogen and oxygen atoms in total. The first-order chi connectivity index (χ1) is 10.2. The maximum atomic E-state index is 8.95. The van der Waals surface area contributed by atoms with Crippen LogP contribution in [-0.2, 0) is 0 Å². The Bertz CT molecular complexity index is 764. The van der Waals surface area contributed by atoms with Crippen LogP contribution in [-0.4, -0.2) is 37.8 Å². The second-order valence-corrected chi connectivity index (χ2v) is 4.95. The number of aliphatic hydroxyl groups excluding tert-OH is 1. The Kier molecular flexibility index (Phi) is 3.53. The minimum absolute atomic E-state index is 0.0579. The maximum absolute atomic E-state index is 8.95. The van der Waals surface area contributed by atoms with Gasteiger partial charge in [-0.2, -0.15) is 9.50 Å². The van der Waals surface area contributed by atoms with Crippen molar-refractivity contribution < 1.29 is 5.11 Å². The number of aryl methyl sites for hydroxylation is 2. The zero-order chi connectivity index (χ0) is 14.8. The minimum atomic E-state index is 0.0579. The van der Waals surface area contributed by atoms with Gasteiger partial charge in [-0.25, -0.2) is 4.98 Å². The van der Waals surface area contributed by atoms with Crippen molar-refractivity contribution in [3.05, 3.63) is 41.6 Å². The minimum Gasteiger partial charge on any atom is -0.395 e. The van der Waals surface area contributed by atoms with Crippen LogP contribution in [0.4, 0.5) is 5.82 Å². The Labute approximate surface area is 122 Å². The molecule has 0 unspecified atom stereocenters. The van der Waals surface area contributed by atoms with Gasteiger partial charge < -0.3 is 10.4 Å². The summed E-state index contributed by atoms with van der Waals surface area (Å²) in [5.41, 5.74) is 3.00. The van der Waals surface area contributed by atoms with Gasteiger partial charge in [0.1, 0.15) is 5.82 Å². The first-order valence-electron chi connectivity index (χ1n) is 6.83. The Balaban J connectivity index is 2.08. The molecule has 3 rings (SSSR count). The number of aromatic nitrogens is 4. The van der Waals surface area contributed by atoms with Crippen LogP contribution in [0.15, 0.2) is 30.3 Å². The fraction of sp³-hybridized carbons (Fsp3) is 0.267. The molecule has 0 saturated heterocycles. The molecule has 0 radical (unpaired) electrons. The van der Waals surface area contributed by atoms with Crippen LogP contribution in [0.1, 0.15) is 11.3 Å². The van der Waals surface area contributed by atoms with Gasteiger partial charge in [-0.15, -0.1) is 5.10 Å². The summed E-state index contributed by atoms with van der Waals surface area (Å²) >= 11 is 0. The molecule has 2 N–H and O–H groups in total. The first kappa shape index (κ1) is 13.5. The zero-order valence-corrected chi connectivity index (χ0v) is 12.0. The van der Waals surface area contributed by atoms with Crippen molar-refractivity contribution in [2.75, 3.05) is 18.5 Å². The molecule has 2 heterocycles. The average Bonchev–Trinajstić information content (AvgIpc) is 2.89. The van der Waals surface area contributed by atoms with Crippen LogP contribution in [0.25, 0.3) is 17.2 Å². The number of fused-ring (bicyclic) bond motifs is 1. The van der Waals surface area contributed by atoms with Gasteiger partial charge in [0.05, 0.1) is 6.61 Å². The van der Waals surface area contributed by atoms with E-state index in [-0.39, 0.29) is 6.61 Å². The first-order valence-corrected chi connectivity index (χ1v) is 6.83. The third-order valence-corrected chi connectivity index (χ3v) is 3.17. The molecule has 0 bridgehead atoms. The summed E-state index contributed by atoms with van der Waals surface area (Å²) in [6.07, 6.45) is 0. The van der Waals surface area contributed by atoms with Gasteiger partial charge >= 0.3 is 0 Å². The Morgan fingerprint density at radius 2 is 1.90 bits per heavy atom. The third-order valence-electron chi connectivity index (χ3n) is 3.17. The van der Waals surface area contributed by atoms with Crippen molar-refractivity contribution in [3.63, 3.8) is 0 Å². The van der Waals surface area contributed by atoms with Crippen molar-refractivity contribution in [1.29, 1.82) is 0 Å². The van der Waals surface area contributed by atoms with E-state index in [0.717, 1.165) is 17.1 Å². The second kappa shape index (κ2) is 5.49. The number of rotatable bonds is 4. The Morgan fingerprint density at radius 1 is 1.14 bits per heavy atom. The summed E-state index contributed by atoms with van der Waals surface area (Å²) in [5.74, 6) is 1.96. The van der Waals surface area contributed by atoms with E-state index in [2.05, 4.69) is 20.4 Å². The number of hydrogen-bond donors (Lipinski definition) is 2. The summed E-state index contributed by atoms with van der Waals surface area (Å²) in [4.78, 5) is 8.88. The van der Waals surface area contributed by atoms with Crippen molar-refractivity contribution >= 4 is 11.6 Å². The Hall–Kier alpha value is -2.47. The fourth-order valence-electron chi connectivity index (χ4n) is 2.12. The molecule has 108 valence electrons. The van der Waals surface area contributed by atoms with Crippen LogP contribution in [0, 0.1) is 13.8 Å². The normalized spacial score (nSPS) is 11.0. The molecular formula is C15H17N5O. The second-order valence-electron chi connectivity index (χ2n) is 4.95. The highest BCUT2D eigenvalue weighted by atomic mass is 16.3. The van der Waals surface area contributed by atoms with E-state index < -0.39 is 0 Å². The molecular weight excluding hydrogens is 266 g/mol. The zero-order valence-electron chi connectivity index (χ0n) is 12.0. The maximum Gasteiger partial charge on any atom is 0.254 e. The number of nitrogens with one attached hydrogen (secondary N) is 1. The molecule has 3 aromatic rings. The molecule has 0 aliphatic rings.